The van der Waals surface area contributed by atoms with E-state index in [1.807, 2.05) is 13.0 Å². The molecule has 0 radical (unpaired) electrons. The van der Waals surface area contributed by atoms with Crippen LogP contribution in [0, 0.1) is 18.3 Å². The van der Waals surface area contributed by atoms with Gasteiger partial charge in [-0.1, -0.05) is 0 Å². The zero-order valence-corrected chi connectivity index (χ0v) is 12.6. The summed E-state index contributed by atoms with van der Waals surface area (Å²) in [5, 5.41) is 8.87. The van der Waals surface area contributed by atoms with Gasteiger partial charge in [-0.05, 0) is 40.5 Å². The van der Waals surface area contributed by atoms with E-state index in [2.05, 4.69) is 20.9 Å². The standard InChI is InChI=1S/C14H12BrN3O2/c1-8-10(17)7-18-14(13(8)15)20-11-4-3-9(6-16)5-12(11)19-2/h3-5,7H,17H2,1-2H3. The molecule has 0 aliphatic rings. The summed E-state index contributed by atoms with van der Waals surface area (Å²) in [6, 6.07) is 6.96. The van der Waals surface area contributed by atoms with Crippen molar-refractivity contribution >= 4 is 21.6 Å². The highest BCUT2D eigenvalue weighted by molar-refractivity contribution is 9.10. The van der Waals surface area contributed by atoms with Crippen molar-refractivity contribution < 1.29 is 9.47 Å². The number of aromatic nitrogens is 1. The molecule has 2 rings (SSSR count). The number of methoxy groups -OCH3 is 1. The summed E-state index contributed by atoms with van der Waals surface area (Å²) in [6.07, 6.45) is 1.53. The minimum Gasteiger partial charge on any atom is -0.493 e. The first-order chi connectivity index (χ1) is 9.56. The summed E-state index contributed by atoms with van der Waals surface area (Å²) in [6.45, 7) is 1.87. The van der Waals surface area contributed by atoms with Crippen LogP contribution in [0.3, 0.4) is 0 Å². The van der Waals surface area contributed by atoms with Gasteiger partial charge in [0.15, 0.2) is 11.5 Å². The SMILES string of the molecule is COc1cc(C#N)ccc1Oc1ncc(N)c(C)c1Br. The fraction of sp³-hybridized carbons (Fsp3) is 0.143. The highest BCUT2D eigenvalue weighted by atomic mass is 79.9. The summed E-state index contributed by atoms with van der Waals surface area (Å²) in [7, 11) is 1.51. The minimum atomic E-state index is 0.389. The molecule has 0 saturated carbocycles. The molecule has 5 nitrogen and oxygen atoms in total. The van der Waals surface area contributed by atoms with Crippen LogP contribution in [0.15, 0.2) is 28.9 Å². The van der Waals surface area contributed by atoms with Crippen LogP contribution in [0.4, 0.5) is 5.69 Å². The number of nitrogens with two attached hydrogens (primary N) is 1. The lowest BCUT2D eigenvalue weighted by molar-refractivity contribution is 0.373. The van der Waals surface area contributed by atoms with E-state index in [1.54, 1.807) is 18.2 Å². The van der Waals surface area contributed by atoms with Crippen molar-refractivity contribution in [3.63, 3.8) is 0 Å². The van der Waals surface area contributed by atoms with Gasteiger partial charge in [0, 0.05) is 6.07 Å². The fourth-order valence-corrected chi connectivity index (χ4v) is 1.98. The third-order valence-electron chi connectivity index (χ3n) is 2.77. The molecule has 0 unspecified atom stereocenters. The molecule has 1 aromatic carbocycles. The number of hydrogen-bond donors (Lipinski definition) is 1. The molecule has 2 N–H and O–H groups in total. The molecule has 0 bridgehead atoms. The van der Waals surface area contributed by atoms with Gasteiger partial charge in [-0.2, -0.15) is 5.26 Å². The molecule has 102 valence electrons. The van der Waals surface area contributed by atoms with Crippen LogP contribution in [0.2, 0.25) is 0 Å². The third kappa shape index (κ3) is 2.68. The first-order valence-electron chi connectivity index (χ1n) is 5.73. The van der Waals surface area contributed by atoms with Crippen molar-refractivity contribution in [3.05, 3.63) is 40.0 Å². The zero-order chi connectivity index (χ0) is 14.7. The Hall–Kier alpha value is -2.26. The molecule has 0 saturated heterocycles. The van der Waals surface area contributed by atoms with E-state index in [0.29, 0.717) is 33.1 Å². The second-order valence-corrected chi connectivity index (χ2v) is 4.83. The van der Waals surface area contributed by atoms with E-state index in [4.69, 9.17) is 20.5 Å². The van der Waals surface area contributed by atoms with E-state index in [1.165, 1.54) is 13.3 Å². The number of nitrogen functional groups attached to an aromatic ring is 1. The molecular formula is C14H12BrN3O2. The Morgan fingerprint density at radius 3 is 2.75 bits per heavy atom. The Balaban J connectivity index is 2.40. The molecule has 20 heavy (non-hydrogen) atoms. The average molecular weight is 334 g/mol. The molecule has 0 aliphatic carbocycles. The lowest BCUT2D eigenvalue weighted by Crippen LogP contribution is -1.97. The van der Waals surface area contributed by atoms with Crippen LogP contribution in [-0.4, -0.2) is 12.1 Å². The summed E-state index contributed by atoms with van der Waals surface area (Å²) in [5.41, 5.74) is 7.69. The maximum atomic E-state index is 8.87. The maximum absolute atomic E-state index is 8.87. The Kier molecular flexibility index (Phi) is 4.11. The highest BCUT2D eigenvalue weighted by Crippen LogP contribution is 2.36. The third-order valence-corrected chi connectivity index (χ3v) is 3.70. The van der Waals surface area contributed by atoms with Crippen molar-refractivity contribution in [2.75, 3.05) is 12.8 Å². The van der Waals surface area contributed by atoms with Crippen molar-refractivity contribution in [2.45, 2.75) is 6.92 Å². The van der Waals surface area contributed by atoms with Crippen LogP contribution >= 0.6 is 15.9 Å². The van der Waals surface area contributed by atoms with Crippen molar-refractivity contribution in [2.24, 2.45) is 0 Å². The predicted octanol–water partition coefficient (Wildman–Crippen LogP) is 3.41. The number of ether oxygens (including phenoxy) is 2. The lowest BCUT2D eigenvalue weighted by atomic mass is 10.2. The average Bonchev–Trinajstić information content (AvgIpc) is 2.48. The second kappa shape index (κ2) is 5.80. The number of rotatable bonds is 3. The predicted molar refractivity (Wildman–Crippen MR) is 78.9 cm³/mol. The van der Waals surface area contributed by atoms with Crippen LogP contribution in [0.5, 0.6) is 17.4 Å². The van der Waals surface area contributed by atoms with Crippen molar-refractivity contribution in [1.82, 2.24) is 4.98 Å². The summed E-state index contributed by atoms with van der Waals surface area (Å²) in [4.78, 5) is 4.14. The molecule has 0 spiro atoms. The molecular weight excluding hydrogens is 322 g/mol. The number of nitrogens with zero attached hydrogens (tertiary/aromatic N) is 2. The summed E-state index contributed by atoms with van der Waals surface area (Å²) < 4.78 is 11.6. The highest BCUT2D eigenvalue weighted by Gasteiger charge is 2.13. The van der Waals surface area contributed by atoms with Crippen molar-refractivity contribution in [3.8, 4) is 23.4 Å². The molecule has 0 amide bonds. The summed E-state index contributed by atoms with van der Waals surface area (Å²) >= 11 is 3.40. The van der Waals surface area contributed by atoms with Gasteiger partial charge in [0.2, 0.25) is 5.88 Å². The molecule has 2 aromatic rings. The zero-order valence-electron chi connectivity index (χ0n) is 11.0. The number of anilines is 1. The van der Waals surface area contributed by atoms with Crippen LogP contribution in [0.1, 0.15) is 11.1 Å². The Labute approximate surface area is 125 Å². The molecule has 1 aromatic heterocycles. The number of halogens is 1. The van der Waals surface area contributed by atoms with Gasteiger partial charge in [-0.3, -0.25) is 0 Å². The summed E-state index contributed by atoms with van der Waals surface area (Å²) in [5.74, 6) is 1.33. The van der Waals surface area contributed by atoms with Gasteiger partial charge < -0.3 is 15.2 Å². The van der Waals surface area contributed by atoms with Crippen molar-refractivity contribution in [1.29, 1.82) is 5.26 Å². The van der Waals surface area contributed by atoms with Crippen LogP contribution in [-0.2, 0) is 0 Å². The van der Waals surface area contributed by atoms with Gasteiger partial charge in [-0.25, -0.2) is 4.98 Å². The smallest absolute Gasteiger partial charge is 0.234 e. The molecule has 0 fully saturated rings. The topological polar surface area (TPSA) is 81.2 Å². The maximum Gasteiger partial charge on any atom is 0.234 e. The normalized spacial score (nSPS) is 9.90. The van der Waals surface area contributed by atoms with Gasteiger partial charge in [0.1, 0.15) is 0 Å². The first kappa shape index (κ1) is 14.2. The molecule has 0 atom stereocenters. The molecule has 1 heterocycles. The largest absolute Gasteiger partial charge is 0.493 e. The van der Waals surface area contributed by atoms with E-state index < -0.39 is 0 Å². The van der Waals surface area contributed by atoms with E-state index in [9.17, 15) is 0 Å². The second-order valence-electron chi connectivity index (χ2n) is 4.04. The quantitative estimate of drug-likeness (QED) is 0.930. The van der Waals surface area contributed by atoms with Gasteiger partial charge in [0.05, 0.1) is 35.1 Å². The van der Waals surface area contributed by atoms with Gasteiger partial charge in [-0.15, -0.1) is 0 Å². The fourth-order valence-electron chi connectivity index (χ4n) is 1.57. The van der Waals surface area contributed by atoms with Gasteiger partial charge in [0.25, 0.3) is 0 Å². The van der Waals surface area contributed by atoms with E-state index >= 15 is 0 Å². The van der Waals surface area contributed by atoms with Gasteiger partial charge >= 0.3 is 0 Å². The Morgan fingerprint density at radius 2 is 2.10 bits per heavy atom. The lowest BCUT2D eigenvalue weighted by Gasteiger charge is -2.12. The number of benzene rings is 1. The number of hydrogen-bond acceptors (Lipinski definition) is 5. The first-order valence-corrected chi connectivity index (χ1v) is 6.52. The molecule has 0 aliphatic heterocycles. The monoisotopic (exact) mass is 333 g/mol. The van der Waals surface area contributed by atoms with Crippen LogP contribution < -0.4 is 15.2 Å². The molecule has 6 heteroatoms. The Morgan fingerprint density at radius 1 is 1.35 bits per heavy atom. The van der Waals surface area contributed by atoms with E-state index in [0.717, 1.165) is 5.56 Å². The van der Waals surface area contributed by atoms with E-state index in [-0.39, 0.29) is 0 Å². The van der Waals surface area contributed by atoms with Crippen LogP contribution in [0.25, 0.3) is 0 Å². The minimum absolute atomic E-state index is 0.389. The number of nitriles is 1. The Bertz CT molecular complexity index is 696. The number of pyridine rings is 1.